The van der Waals surface area contributed by atoms with Gasteiger partial charge in [-0.15, -0.1) is 11.3 Å². The van der Waals surface area contributed by atoms with E-state index in [0.29, 0.717) is 13.2 Å². The van der Waals surface area contributed by atoms with Gasteiger partial charge in [-0.05, 0) is 6.92 Å². The Bertz CT molecular complexity index is 253. The highest BCUT2D eigenvalue weighted by Crippen LogP contribution is 2.07. The maximum absolute atomic E-state index is 8.45. The fraction of sp³-hybridized carbons (Fsp3) is 0.667. The molecule has 0 aromatic carbocycles. The van der Waals surface area contributed by atoms with Gasteiger partial charge in [0.1, 0.15) is 5.01 Å². The molecule has 0 amide bonds. The molecular weight excluding hydrogens is 200 g/mol. The van der Waals surface area contributed by atoms with Gasteiger partial charge in [-0.2, -0.15) is 0 Å². The number of aliphatic hydroxyl groups excluding tert-OH is 1. The Morgan fingerprint density at radius 3 is 3.07 bits per heavy atom. The predicted octanol–water partition coefficient (Wildman–Crippen LogP) is 0.550. The quantitative estimate of drug-likeness (QED) is 0.654. The van der Waals surface area contributed by atoms with Crippen LogP contribution in [0.15, 0.2) is 5.38 Å². The van der Waals surface area contributed by atoms with Gasteiger partial charge in [-0.25, -0.2) is 4.98 Å². The first-order chi connectivity index (χ1) is 6.83. The summed E-state index contributed by atoms with van der Waals surface area (Å²) in [4.78, 5) is 4.32. The highest BCUT2D eigenvalue weighted by atomic mass is 32.1. The summed E-state index contributed by atoms with van der Waals surface area (Å²) in [6.07, 6.45) is 0. The van der Waals surface area contributed by atoms with Crippen molar-refractivity contribution in [2.75, 3.05) is 26.4 Å². The molecule has 0 radical (unpaired) electrons. The summed E-state index contributed by atoms with van der Waals surface area (Å²) in [6.45, 7) is 4.71. The smallest absolute Gasteiger partial charge is 0.107 e. The summed E-state index contributed by atoms with van der Waals surface area (Å²) in [5, 5.41) is 14.8. The first-order valence-corrected chi connectivity index (χ1v) is 5.51. The Hall–Kier alpha value is -0.490. The van der Waals surface area contributed by atoms with Crippen LogP contribution < -0.4 is 5.32 Å². The minimum Gasteiger partial charge on any atom is -0.394 e. The number of aryl methyl sites for hydroxylation is 1. The number of hydrogen-bond donors (Lipinski definition) is 2. The Kier molecular flexibility index (Phi) is 5.70. The molecule has 80 valence electrons. The fourth-order valence-electron chi connectivity index (χ4n) is 0.990. The number of nitrogens with one attached hydrogen (secondary N) is 1. The van der Waals surface area contributed by atoms with E-state index in [2.05, 4.69) is 10.3 Å². The van der Waals surface area contributed by atoms with E-state index >= 15 is 0 Å². The SMILES string of the molecule is Cc1csc(CNCCOCCO)n1. The average Bonchev–Trinajstić information content (AvgIpc) is 2.58. The Labute approximate surface area is 87.9 Å². The van der Waals surface area contributed by atoms with Crippen LogP contribution in [-0.2, 0) is 11.3 Å². The summed E-state index contributed by atoms with van der Waals surface area (Å²) < 4.78 is 5.10. The number of aromatic nitrogens is 1. The summed E-state index contributed by atoms with van der Waals surface area (Å²) in [5.41, 5.74) is 1.07. The van der Waals surface area contributed by atoms with E-state index in [9.17, 15) is 0 Å². The van der Waals surface area contributed by atoms with Crippen LogP contribution in [0.4, 0.5) is 0 Å². The molecule has 0 aliphatic carbocycles. The summed E-state index contributed by atoms with van der Waals surface area (Å²) in [6, 6.07) is 0. The molecule has 0 saturated heterocycles. The lowest BCUT2D eigenvalue weighted by Gasteiger charge is -2.02. The lowest BCUT2D eigenvalue weighted by molar-refractivity contribution is 0.0938. The summed E-state index contributed by atoms with van der Waals surface area (Å²) in [7, 11) is 0. The van der Waals surface area contributed by atoms with Crippen molar-refractivity contribution in [3.63, 3.8) is 0 Å². The van der Waals surface area contributed by atoms with Gasteiger partial charge in [0.2, 0.25) is 0 Å². The Balaban J connectivity index is 1.99. The van der Waals surface area contributed by atoms with Crippen molar-refractivity contribution in [3.8, 4) is 0 Å². The number of nitrogens with zero attached hydrogens (tertiary/aromatic N) is 1. The molecular formula is C9H16N2O2S. The van der Waals surface area contributed by atoms with Crippen molar-refractivity contribution in [3.05, 3.63) is 16.1 Å². The van der Waals surface area contributed by atoms with Crippen LogP contribution in [-0.4, -0.2) is 36.5 Å². The van der Waals surface area contributed by atoms with Crippen molar-refractivity contribution < 1.29 is 9.84 Å². The molecule has 1 rings (SSSR count). The molecule has 0 aliphatic rings. The van der Waals surface area contributed by atoms with Crippen LogP contribution >= 0.6 is 11.3 Å². The second-order valence-electron chi connectivity index (χ2n) is 2.90. The average molecular weight is 216 g/mol. The van der Waals surface area contributed by atoms with E-state index in [-0.39, 0.29) is 6.61 Å². The maximum atomic E-state index is 8.45. The van der Waals surface area contributed by atoms with E-state index in [4.69, 9.17) is 9.84 Å². The van der Waals surface area contributed by atoms with Gasteiger partial charge in [-0.1, -0.05) is 0 Å². The molecule has 0 saturated carbocycles. The van der Waals surface area contributed by atoms with Crippen molar-refractivity contribution in [1.29, 1.82) is 0 Å². The van der Waals surface area contributed by atoms with Crippen LogP contribution in [0.3, 0.4) is 0 Å². The lowest BCUT2D eigenvalue weighted by atomic mass is 10.5. The van der Waals surface area contributed by atoms with Crippen LogP contribution in [0, 0.1) is 6.92 Å². The first-order valence-electron chi connectivity index (χ1n) is 4.63. The first kappa shape index (κ1) is 11.6. The highest BCUT2D eigenvalue weighted by molar-refractivity contribution is 7.09. The molecule has 4 nitrogen and oxygen atoms in total. The van der Waals surface area contributed by atoms with E-state index < -0.39 is 0 Å². The third-order valence-electron chi connectivity index (χ3n) is 1.60. The van der Waals surface area contributed by atoms with Crippen molar-refractivity contribution in [2.24, 2.45) is 0 Å². The van der Waals surface area contributed by atoms with Gasteiger partial charge in [-0.3, -0.25) is 0 Å². The van der Waals surface area contributed by atoms with E-state index in [1.807, 2.05) is 12.3 Å². The molecule has 14 heavy (non-hydrogen) atoms. The van der Waals surface area contributed by atoms with Crippen LogP contribution in [0.1, 0.15) is 10.7 Å². The third kappa shape index (κ3) is 4.66. The van der Waals surface area contributed by atoms with Crippen molar-refractivity contribution in [1.82, 2.24) is 10.3 Å². The zero-order valence-corrected chi connectivity index (χ0v) is 9.14. The topological polar surface area (TPSA) is 54.4 Å². The molecule has 1 aromatic rings. The monoisotopic (exact) mass is 216 g/mol. The van der Waals surface area contributed by atoms with Crippen LogP contribution in [0.25, 0.3) is 0 Å². The molecule has 0 unspecified atom stereocenters. The maximum Gasteiger partial charge on any atom is 0.107 e. The molecule has 0 spiro atoms. The van der Waals surface area contributed by atoms with Gasteiger partial charge in [0, 0.05) is 24.2 Å². The van der Waals surface area contributed by atoms with Gasteiger partial charge >= 0.3 is 0 Å². The van der Waals surface area contributed by atoms with Gasteiger partial charge in [0.15, 0.2) is 0 Å². The van der Waals surface area contributed by atoms with Crippen LogP contribution in [0.2, 0.25) is 0 Å². The minimum absolute atomic E-state index is 0.0890. The van der Waals surface area contributed by atoms with E-state index in [1.165, 1.54) is 0 Å². The Morgan fingerprint density at radius 1 is 1.57 bits per heavy atom. The molecule has 0 aliphatic heterocycles. The minimum atomic E-state index is 0.0890. The van der Waals surface area contributed by atoms with Crippen LogP contribution in [0.5, 0.6) is 0 Å². The number of ether oxygens (including phenoxy) is 1. The fourth-order valence-corrected chi connectivity index (χ4v) is 1.73. The van der Waals surface area contributed by atoms with Crippen molar-refractivity contribution in [2.45, 2.75) is 13.5 Å². The normalized spacial score (nSPS) is 10.7. The lowest BCUT2D eigenvalue weighted by Crippen LogP contribution is -2.19. The zero-order chi connectivity index (χ0) is 10.2. The van der Waals surface area contributed by atoms with Gasteiger partial charge in [0.25, 0.3) is 0 Å². The van der Waals surface area contributed by atoms with Crippen molar-refractivity contribution >= 4 is 11.3 Å². The number of rotatable bonds is 7. The molecule has 2 N–H and O–H groups in total. The van der Waals surface area contributed by atoms with Gasteiger partial charge in [0.05, 0.1) is 19.8 Å². The van der Waals surface area contributed by atoms with Gasteiger partial charge < -0.3 is 15.2 Å². The molecule has 0 bridgehead atoms. The number of aliphatic hydroxyl groups is 1. The largest absolute Gasteiger partial charge is 0.394 e. The predicted molar refractivity (Wildman–Crippen MR) is 56.5 cm³/mol. The highest BCUT2D eigenvalue weighted by Gasteiger charge is 1.96. The Morgan fingerprint density at radius 2 is 2.43 bits per heavy atom. The molecule has 0 fully saturated rings. The number of thiazole rings is 1. The second kappa shape index (κ2) is 6.89. The zero-order valence-electron chi connectivity index (χ0n) is 8.32. The standard InChI is InChI=1S/C9H16N2O2S/c1-8-7-14-9(11-8)6-10-2-4-13-5-3-12/h7,10,12H,2-6H2,1H3. The summed E-state index contributed by atoms with van der Waals surface area (Å²) >= 11 is 1.66. The second-order valence-corrected chi connectivity index (χ2v) is 3.84. The van der Waals surface area contributed by atoms with E-state index in [0.717, 1.165) is 23.8 Å². The number of hydrogen-bond acceptors (Lipinski definition) is 5. The summed E-state index contributed by atoms with van der Waals surface area (Å²) in [5.74, 6) is 0. The molecule has 1 heterocycles. The molecule has 1 aromatic heterocycles. The molecule has 5 heteroatoms. The van der Waals surface area contributed by atoms with E-state index in [1.54, 1.807) is 11.3 Å². The molecule has 0 atom stereocenters. The third-order valence-corrected chi connectivity index (χ3v) is 2.57.